The monoisotopic (exact) mass is 354 g/mol. The first kappa shape index (κ1) is 17.6. The van der Waals surface area contributed by atoms with Crippen molar-refractivity contribution in [3.8, 4) is 0 Å². The zero-order valence-electron chi connectivity index (χ0n) is 15.8. The highest BCUT2D eigenvalue weighted by atomic mass is 16.2. The van der Waals surface area contributed by atoms with Crippen LogP contribution in [0, 0.1) is 17.8 Å². The lowest BCUT2D eigenvalue weighted by Crippen LogP contribution is -2.43. The van der Waals surface area contributed by atoms with E-state index in [4.69, 9.17) is 0 Å². The van der Waals surface area contributed by atoms with Crippen LogP contribution in [0.3, 0.4) is 0 Å². The van der Waals surface area contributed by atoms with Gasteiger partial charge in [-0.1, -0.05) is 25.1 Å². The Morgan fingerprint density at radius 1 is 0.846 bits per heavy atom. The molecule has 1 aromatic carbocycles. The lowest BCUT2D eigenvalue weighted by Gasteiger charge is -2.36. The van der Waals surface area contributed by atoms with E-state index in [-0.39, 0.29) is 17.7 Å². The number of hydrogen-bond acceptors (Lipinski definition) is 2. The van der Waals surface area contributed by atoms with E-state index in [1.807, 2.05) is 17.0 Å². The van der Waals surface area contributed by atoms with Gasteiger partial charge >= 0.3 is 0 Å². The number of hydrogen-bond donors (Lipinski definition) is 0. The van der Waals surface area contributed by atoms with Gasteiger partial charge in [-0.25, -0.2) is 0 Å². The van der Waals surface area contributed by atoms with Crippen molar-refractivity contribution in [1.82, 2.24) is 4.90 Å². The molecule has 0 bridgehead atoms. The number of benzene rings is 1. The van der Waals surface area contributed by atoms with Gasteiger partial charge in [0.15, 0.2) is 0 Å². The summed E-state index contributed by atoms with van der Waals surface area (Å²) in [5, 5.41) is 0. The van der Waals surface area contributed by atoms with E-state index < -0.39 is 0 Å². The first-order valence-corrected chi connectivity index (χ1v) is 10.3. The standard InChI is InChI=1S/C22H30N2O2/c1-16-10-13-23(14-11-16)21(25)18-6-8-19(9-7-18)22(26)24-15-12-17-4-2-3-5-20(17)24/h2-5,16,18-19H,6-15H2,1H3. The van der Waals surface area contributed by atoms with Gasteiger partial charge in [0, 0.05) is 37.2 Å². The first-order chi connectivity index (χ1) is 12.6. The maximum absolute atomic E-state index is 13.0. The second-order valence-corrected chi connectivity index (χ2v) is 8.42. The number of carbonyl (C=O) groups is 2. The fourth-order valence-electron chi connectivity index (χ4n) is 4.86. The summed E-state index contributed by atoms with van der Waals surface area (Å²) >= 11 is 0. The smallest absolute Gasteiger partial charge is 0.230 e. The Kier molecular flexibility index (Phi) is 5.01. The van der Waals surface area contributed by atoms with Gasteiger partial charge in [0.25, 0.3) is 0 Å². The first-order valence-electron chi connectivity index (χ1n) is 10.3. The van der Waals surface area contributed by atoms with E-state index in [0.717, 1.165) is 76.2 Å². The molecule has 1 aromatic rings. The molecule has 1 saturated carbocycles. The molecule has 0 aromatic heterocycles. The van der Waals surface area contributed by atoms with Crippen LogP contribution in [0.2, 0.25) is 0 Å². The van der Waals surface area contributed by atoms with Gasteiger partial charge in [0.1, 0.15) is 0 Å². The summed E-state index contributed by atoms with van der Waals surface area (Å²) in [5.74, 6) is 1.59. The summed E-state index contributed by atoms with van der Waals surface area (Å²) in [5.41, 5.74) is 2.38. The fraction of sp³-hybridized carbons (Fsp3) is 0.636. The normalized spacial score (nSPS) is 26.7. The second-order valence-electron chi connectivity index (χ2n) is 8.42. The molecule has 1 saturated heterocycles. The van der Waals surface area contributed by atoms with Crippen molar-refractivity contribution >= 4 is 17.5 Å². The minimum Gasteiger partial charge on any atom is -0.342 e. The predicted molar refractivity (Wildman–Crippen MR) is 103 cm³/mol. The van der Waals surface area contributed by atoms with Crippen LogP contribution in [0.15, 0.2) is 24.3 Å². The van der Waals surface area contributed by atoms with Gasteiger partial charge in [-0.05, 0) is 62.5 Å². The predicted octanol–water partition coefficient (Wildman–Crippen LogP) is 3.64. The summed E-state index contributed by atoms with van der Waals surface area (Å²) in [6, 6.07) is 8.24. The summed E-state index contributed by atoms with van der Waals surface area (Å²) in [6.45, 7) is 4.92. The van der Waals surface area contributed by atoms with Crippen LogP contribution in [0.25, 0.3) is 0 Å². The highest BCUT2D eigenvalue weighted by molar-refractivity contribution is 5.97. The molecule has 1 aliphatic carbocycles. The van der Waals surface area contributed by atoms with Crippen molar-refractivity contribution in [2.75, 3.05) is 24.5 Å². The summed E-state index contributed by atoms with van der Waals surface area (Å²) in [7, 11) is 0. The van der Waals surface area contributed by atoms with Crippen molar-refractivity contribution in [3.05, 3.63) is 29.8 Å². The number of likely N-dealkylation sites (tertiary alicyclic amines) is 1. The molecule has 0 radical (unpaired) electrons. The molecule has 4 nitrogen and oxygen atoms in total. The van der Waals surface area contributed by atoms with Crippen molar-refractivity contribution in [2.45, 2.75) is 51.9 Å². The van der Waals surface area contributed by atoms with Gasteiger partial charge in [0.05, 0.1) is 0 Å². The Morgan fingerprint density at radius 2 is 1.46 bits per heavy atom. The zero-order valence-corrected chi connectivity index (χ0v) is 15.8. The lowest BCUT2D eigenvalue weighted by atomic mass is 9.80. The Bertz CT molecular complexity index is 670. The molecule has 0 atom stereocenters. The molecule has 0 N–H and O–H groups in total. The zero-order chi connectivity index (χ0) is 18.1. The molecule has 2 fully saturated rings. The molecular weight excluding hydrogens is 324 g/mol. The molecule has 2 amide bonds. The molecule has 26 heavy (non-hydrogen) atoms. The van der Waals surface area contributed by atoms with Gasteiger partial charge < -0.3 is 9.80 Å². The number of anilines is 1. The van der Waals surface area contributed by atoms with Crippen LogP contribution < -0.4 is 4.90 Å². The number of rotatable bonds is 2. The molecule has 4 rings (SSSR count). The minimum absolute atomic E-state index is 0.0894. The largest absolute Gasteiger partial charge is 0.342 e. The van der Waals surface area contributed by atoms with Gasteiger partial charge in [0.2, 0.25) is 11.8 Å². The number of piperidine rings is 1. The third-order valence-electron chi connectivity index (χ3n) is 6.67. The highest BCUT2D eigenvalue weighted by Crippen LogP contribution is 2.35. The Labute approximate surface area is 156 Å². The maximum atomic E-state index is 13.0. The van der Waals surface area contributed by atoms with Crippen molar-refractivity contribution in [3.63, 3.8) is 0 Å². The van der Waals surface area contributed by atoms with Crippen molar-refractivity contribution in [2.24, 2.45) is 17.8 Å². The van der Waals surface area contributed by atoms with Crippen LogP contribution in [0.5, 0.6) is 0 Å². The lowest BCUT2D eigenvalue weighted by molar-refractivity contribution is -0.139. The summed E-state index contributed by atoms with van der Waals surface area (Å²) in [6.07, 6.45) is 6.69. The van der Waals surface area contributed by atoms with Gasteiger partial charge in [-0.3, -0.25) is 9.59 Å². The van der Waals surface area contributed by atoms with Crippen molar-refractivity contribution in [1.29, 1.82) is 0 Å². The van der Waals surface area contributed by atoms with E-state index in [1.54, 1.807) is 0 Å². The third-order valence-corrected chi connectivity index (χ3v) is 6.67. The van der Waals surface area contributed by atoms with Gasteiger partial charge in [-0.15, -0.1) is 0 Å². The molecule has 2 heterocycles. The van der Waals surface area contributed by atoms with Crippen LogP contribution >= 0.6 is 0 Å². The number of para-hydroxylation sites is 1. The molecular formula is C22H30N2O2. The second kappa shape index (κ2) is 7.42. The van der Waals surface area contributed by atoms with Crippen LogP contribution in [-0.4, -0.2) is 36.3 Å². The fourth-order valence-corrected chi connectivity index (χ4v) is 4.86. The third kappa shape index (κ3) is 3.38. The molecule has 0 spiro atoms. The highest BCUT2D eigenvalue weighted by Gasteiger charge is 2.36. The minimum atomic E-state index is 0.0894. The number of fused-ring (bicyclic) bond motifs is 1. The van der Waals surface area contributed by atoms with E-state index >= 15 is 0 Å². The van der Waals surface area contributed by atoms with Crippen LogP contribution in [-0.2, 0) is 16.0 Å². The summed E-state index contributed by atoms with van der Waals surface area (Å²) in [4.78, 5) is 29.8. The number of carbonyl (C=O) groups excluding carboxylic acids is 2. The quantitative estimate of drug-likeness (QED) is 0.813. The Hall–Kier alpha value is -1.84. The van der Waals surface area contributed by atoms with E-state index in [9.17, 15) is 9.59 Å². The SMILES string of the molecule is CC1CCN(C(=O)C2CCC(C(=O)N3CCc4ccccc43)CC2)CC1. The molecule has 3 aliphatic rings. The Morgan fingerprint density at radius 3 is 2.15 bits per heavy atom. The van der Waals surface area contributed by atoms with E-state index in [1.165, 1.54) is 5.56 Å². The molecule has 0 unspecified atom stereocenters. The van der Waals surface area contributed by atoms with Crippen LogP contribution in [0.4, 0.5) is 5.69 Å². The van der Waals surface area contributed by atoms with Crippen LogP contribution in [0.1, 0.15) is 51.0 Å². The van der Waals surface area contributed by atoms with E-state index in [0.29, 0.717) is 5.91 Å². The summed E-state index contributed by atoms with van der Waals surface area (Å²) < 4.78 is 0. The number of amides is 2. The Balaban J connectivity index is 1.32. The van der Waals surface area contributed by atoms with E-state index in [2.05, 4.69) is 24.0 Å². The molecule has 2 aliphatic heterocycles. The number of nitrogens with zero attached hydrogens (tertiary/aromatic N) is 2. The molecule has 140 valence electrons. The van der Waals surface area contributed by atoms with Crippen molar-refractivity contribution < 1.29 is 9.59 Å². The maximum Gasteiger partial charge on any atom is 0.230 e. The topological polar surface area (TPSA) is 40.6 Å². The van der Waals surface area contributed by atoms with Gasteiger partial charge in [-0.2, -0.15) is 0 Å². The average Bonchev–Trinajstić information content (AvgIpc) is 3.12. The average molecular weight is 354 g/mol. The molecule has 4 heteroatoms.